The van der Waals surface area contributed by atoms with Crippen LogP contribution in [0.1, 0.15) is 20.7 Å². The van der Waals surface area contributed by atoms with Gasteiger partial charge in [-0.15, -0.1) is 0 Å². The zero-order valence-electron chi connectivity index (χ0n) is 15.0. The number of hydrogen-bond acceptors (Lipinski definition) is 8. The maximum atomic E-state index is 12.2. The van der Waals surface area contributed by atoms with Crippen LogP contribution in [-0.2, 0) is 4.74 Å². The van der Waals surface area contributed by atoms with Crippen LogP contribution in [0, 0.1) is 10.1 Å². The molecule has 0 bridgehead atoms. The largest absolute Gasteiger partial charge is 0.493 e. The summed E-state index contributed by atoms with van der Waals surface area (Å²) in [6.07, 6.45) is 0. The molecule has 0 unspecified atom stereocenters. The first-order valence-corrected chi connectivity index (χ1v) is 7.79. The Morgan fingerprint density at radius 1 is 1.04 bits per heavy atom. The molecule has 1 N–H and O–H groups in total. The molecular weight excluding hydrogens is 356 g/mol. The van der Waals surface area contributed by atoms with E-state index in [1.54, 1.807) is 6.07 Å². The lowest BCUT2D eigenvalue weighted by molar-refractivity contribution is -0.384. The number of ether oxygens (including phenoxy) is 3. The molecule has 0 heterocycles. The van der Waals surface area contributed by atoms with E-state index in [-0.39, 0.29) is 22.5 Å². The highest BCUT2D eigenvalue weighted by Crippen LogP contribution is 2.28. The number of anilines is 1. The lowest BCUT2D eigenvalue weighted by Crippen LogP contribution is -2.14. The number of nitro benzene ring substituents is 1. The first kappa shape index (κ1) is 19.7. The monoisotopic (exact) mass is 374 g/mol. The van der Waals surface area contributed by atoms with Gasteiger partial charge in [-0.2, -0.15) is 0 Å². The lowest BCUT2D eigenvalue weighted by Gasteiger charge is -2.09. The second-order valence-electron chi connectivity index (χ2n) is 5.31. The van der Waals surface area contributed by atoms with Crippen LogP contribution in [0.2, 0.25) is 0 Å². The number of nitrogens with one attached hydrogen (secondary N) is 1. The minimum absolute atomic E-state index is 0.0270. The van der Waals surface area contributed by atoms with E-state index in [1.165, 1.54) is 45.5 Å². The summed E-state index contributed by atoms with van der Waals surface area (Å²) in [7, 11) is 4.44. The molecule has 0 amide bonds. The van der Waals surface area contributed by atoms with Gasteiger partial charge in [-0.05, 0) is 30.3 Å². The van der Waals surface area contributed by atoms with Crippen molar-refractivity contribution in [3.05, 3.63) is 57.6 Å². The number of methoxy groups -OCH3 is 2. The van der Waals surface area contributed by atoms with Crippen LogP contribution in [0.15, 0.2) is 36.4 Å². The number of ketones is 1. The Hall–Kier alpha value is -3.62. The van der Waals surface area contributed by atoms with Crippen molar-refractivity contribution in [1.29, 1.82) is 0 Å². The molecular formula is C18H18N2O7. The zero-order chi connectivity index (χ0) is 20.0. The first-order chi connectivity index (χ1) is 12.9. The summed E-state index contributed by atoms with van der Waals surface area (Å²) in [5, 5.41) is 13.7. The Labute approximate surface area is 155 Å². The molecule has 0 spiro atoms. The minimum atomic E-state index is -0.838. The third-order valence-corrected chi connectivity index (χ3v) is 3.74. The maximum Gasteiger partial charge on any atom is 0.338 e. The summed E-state index contributed by atoms with van der Waals surface area (Å²) in [6.45, 7) is -0.518. The number of esters is 1. The molecule has 0 saturated carbocycles. The normalized spacial score (nSPS) is 10.0. The van der Waals surface area contributed by atoms with Crippen LogP contribution >= 0.6 is 0 Å². The quantitative estimate of drug-likeness (QED) is 0.324. The van der Waals surface area contributed by atoms with E-state index in [2.05, 4.69) is 5.32 Å². The smallest absolute Gasteiger partial charge is 0.338 e. The average Bonchev–Trinajstić information content (AvgIpc) is 2.70. The molecule has 0 saturated heterocycles. The number of benzene rings is 2. The van der Waals surface area contributed by atoms with Gasteiger partial charge in [-0.25, -0.2) is 4.79 Å². The highest BCUT2D eigenvalue weighted by molar-refractivity contribution is 6.00. The summed E-state index contributed by atoms with van der Waals surface area (Å²) in [4.78, 5) is 34.8. The van der Waals surface area contributed by atoms with E-state index in [1.807, 2.05) is 0 Å². The minimum Gasteiger partial charge on any atom is -0.493 e. The van der Waals surface area contributed by atoms with Crippen molar-refractivity contribution in [2.24, 2.45) is 0 Å². The number of rotatable bonds is 8. The lowest BCUT2D eigenvalue weighted by atomic mass is 10.1. The van der Waals surface area contributed by atoms with Crippen molar-refractivity contribution in [2.75, 3.05) is 33.2 Å². The van der Waals surface area contributed by atoms with Gasteiger partial charge in [0.05, 0.1) is 24.7 Å². The van der Waals surface area contributed by atoms with Crippen LogP contribution < -0.4 is 14.8 Å². The van der Waals surface area contributed by atoms with Crippen LogP contribution in [0.25, 0.3) is 0 Å². The average molecular weight is 374 g/mol. The molecule has 0 aliphatic heterocycles. The Morgan fingerprint density at radius 2 is 1.70 bits per heavy atom. The van der Waals surface area contributed by atoms with Gasteiger partial charge in [0.1, 0.15) is 5.69 Å². The zero-order valence-corrected chi connectivity index (χ0v) is 15.0. The van der Waals surface area contributed by atoms with E-state index in [0.717, 1.165) is 6.07 Å². The molecule has 0 radical (unpaired) electrons. The number of hydrogen-bond donors (Lipinski definition) is 1. The van der Waals surface area contributed by atoms with E-state index in [4.69, 9.17) is 14.2 Å². The fourth-order valence-electron chi connectivity index (χ4n) is 2.33. The second-order valence-corrected chi connectivity index (χ2v) is 5.31. The van der Waals surface area contributed by atoms with Gasteiger partial charge in [-0.1, -0.05) is 0 Å². The number of Topliss-reactive ketones (excluding diaryl/α,β-unsaturated/α-hetero) is 1. The van der Waals surface area contributed by atoms with Gasteiger partial charge in [-0.3, -0.25) is 14.9 Å². The van der Waals surface area contributed by atoms with Crippen molar-refractivity contribution < 1.29 is 28.7 Å². The molecule has 2 aromatic carbocycles. The number of carbonyl (C=O) groups is 2. The Bertz CT molecular complexity index is 880. The molecule has 9 nitrogen and oxygen atoms in total. The molecule has 0 aromatic heterocycles. The van der Waals surface area contributed by atoms with Gasteiger partial charge in [0, 0.05) is 18.7 Å². The third kappa shape index (κ3) is 4.51. The van der Waals surface area contributed by atoms with Crippen LogP contribution in [-0.4, -0.2) is 44.6 Å². The van der Waals surface area contributed by atoms with Gasteiger partial charge in [0.2, 0.25) is 0 Å². The van der Waals surface area contributed by atoms with Crippen LogP contribution in [0.5, 0.6) is 11.5 Å². The van der Waals surface area contributed by atoms with Gasteiger partial charge in [0.25, 0.3) is 5.69 Å². The van der Waals surface area contributed by atoms with E-state index >= 15 is 0 Å². The topological polar surface area (TPSA) is 117 Å². The molecule has 142 valence electrons. The summed E-state index contributed by atoms with van der Waals surface area (Å²) in [5.74, 6) is -0.462. The third-order valence-electron chi connectivity index (χ3n) is 3.74. The highest BCUT2D eigenvalue weighted by atomic mass is 16.6. The summed E-state index contributed by atoms with van der Waals surface area (Å²) >= 11 is 0. The molecule has 2 aromatic rings. The Kier molecular flexibility index (Phi) is 6.32. The molecule has 0 atom stereocenters. The number of nitrogens with zero attached hydrogens (tertiary/aromatic N) is 1. The fraction of sp³-hybridized carbons (Fsp3) is 0.222. The molecule has 2 rings (SSSR count). The molecule has 0 aliphatic carbocycles. The standard InChI is InChI=1S/C18H18N2O7/c1-19-13-6-4-12(8-14(13)20(23)24)18(22)27-10-15(21)11-5-7-16(25-2)17(9-11)26-3/h4-9,19H,10H2,1-3H3. The fourth-order valence-corrected chi connectivity index (χ4v) is 2.33. The van der Waals surface area contributed by atoms with Gasteiger partial charge >= 0.3 is 5.97 Å². The molecule has 27 heavy (non-hydrogen) atoms. The predicted molar refractivity (Wildman–Crippen MR) is 96.8 cm³/mol. The van der Waals surface area contributed by atoms with Crippen molar-refractivity contribution in [3.8, 4) is 11.5 Å². The first-order valence-electron chi connectivity index (χ1n) is 7.79. The molecule has 0 fully saturated rings. The van der Waals surface area contributed by atoms with Crippen LogP contribution in [0.3, 0.4) is 0 Å². The Morgan fingerprint density at radius 3 is 2.30 bits per heavy atom. The van der Waals surface area contributed by atoms with Gasteiger partial charge < -0.3 is 19.5 Å². The number of nitro groups is 1. The van der Waals surface area contributed by atoms with Gasteiger partial charge in [0.15, 0.2) is 23.9 Å². The van der Waals surface area contributed by atoms with E-state index in [9.17, 15) is 19.7 Å². The van der Waals surface area contributed by atoms with Crippen molar-refractivity contribution in [3.63, 3.8) is 0 Å². The van der Waals surface area contributed by atoms with E-state index in [0.29, 0.717) is 11.5 Å². The maximum absolute atomic E-state index is 12.2. The van der Waals surface area contributed by atoms with Crippen LogP contribution in [0.4, 0.5) is 11.4 Å². The second kappa shape index (κ2) is 8.65. The predicted octanol–water partition coefficient (Wildman–Crippen LogP) is 2.69. The van der Waals surface area contributed by atoms with Crippen molar-refractivity contribution in [2.45, 2.75) is 0 Å². The molecule has 9 heteroatoms. The Balaban J connectivity index is 2.10. The number of carbonyl (C=O) groups excluding carboxylic acids is 2. The highest BCUT2D eigenvalue weighted by Gasteiger charge is 2.19. The van der Waals surface area contributed by atoms with Crippen molar-refractivity contribution in [1.82, 2.24) is 0 Å². The molecule has 0 aliphatic rings. The SMILES string of the molecule is CNc1ccc(C(=O)OCC(=O)c2ccc(OC)c(OC)c2)cc1[N+](=O)[O-]. The van der Waals surface area contributed by atoms with E-state index < -0.39 is 23.3 Å². The van der Waals surface area contributed by atoms with Crippen molar-refractivity contribution >= 4 is 23.1 Å². The summed E-state index contributed by atoms with van der Waals surface area (Å²) < 4.78 is 15.2. The summed E-state index contributed by atoms with van der Waals surface area (Å²) in [5.41, 5.74) is 0.244. The summed E-state index contributed by atoms with van der Waals surface area (Å²) in [6, 6.07) is 8.42.